The van der Waals surface area contributed by atoms with Gasteiger partial charge in [0.05, 0.1) is 10.6 Å². The largest absolute Gasteiger partial charge is 0.353 e. The van der Waals surface area contributed by atoms with Crippen molar-refractivity contribution in [2.45, 2.75) is 6.92 Å². The summed E-state index contributed by atoms with van der Waals surface area (Å²) in [5, 5.41) is 17.2. The highest BCUT2D eigenvalue weighted by Gasteiger charge is 2.24. The van der Waals surface area contributed by atoms with Crippen LogP contribution >= 0.6 is 11.6 Å². The minimum absolute atomic E-state index is 0.130. The van der Waals surface area contributed by atoms with Crippen LogP contribution in [-0.4, -0.2) is 14.9 Å². The molecule has 0 radical (unpaired) electrons. The van der Waals surface area contributed by atoms with Gasteiger partial charge in [0, 0.05) is 16.8 Å². The summed E-state index contributed by atoms with van der Waals surface area (Å²) < 4.78 is 27.2. The van der Waals surface area contributed by atoms with Gasteiger partial charge >= 0.3 is 5.69 Å². The zero-order chi connectivity index (χ0) is 19.6. The second kappa shape index (κ2) is 7.50. The fourth-order valence-corrected chi connectivity index (χ4v) is 2.44. The van der Waals surface area contributed by atoms with Gasteiger partial charge in [0.15, 0.2) is 0 Å². The van der Waals surface area contributed by atoms with Crippen LogP contribution in [0.4, 0.5) is 37.5 Å². The third kappa shape index (κ3) is 4.09. The van der Waals surface area contributed by atoms with Gasteiger partial charge in [-0.2, -0.15) is 0 Å². The lowest BCUT2D eigenvalue weighted by molar-refractivity contribution is -0.383. The van der Waals surface area contributed by atoms with Crippen molar-refractivity contribution >= 4 is 40.3 Å². The molecule has 3 aromatic rings. The number of aryl methyl sites for hydroxylation is 1. The number of anilines is 4. The molecule has 3 rings (SSSR count). The number of aromatic nitrogens is 2. The number of benzene rings is 2. The van der Waals surface area contributed by atoms with Crippen LogP contribution in [0.2, 0.25) is 5.02 Å². The van der Waals surface area contributed by atoms with E-state index >= 15 is 0 Å². The quantitative estimate of drug-likeness (QED) is 0.463. The highest BCUT2D eigenvalue weighted by Crippen LogP contribution is 2.34. The van der Waals surface area contributed by atoms with E-state index in [4.69, 9.17) is 11.6 Å². The van der Waals surface area contributed by atoms with E-state index in [1.54, 1.807) is 18.2 Å². The van der Waals surface area contributed by atoms with Gasteiger partial charge in [-0.15, -0.1) is 0 Å². The van der Waals surface area contributed by atoms with Crippen LogP contribution in [0.3, 0.4) is 0 Å². The van der Waals surface area contributed by atoms with Crippen LogP contribution in [0.25, 0.3) is 0 Å². The normalized spacial score (nSPS) is 10.5. The van der Waals surface area contributed by atoms with Gasteiger partial charge in [-0.1, -0.05) is 17.7 Å². The van der Waals surface area contributed by atoms with Crippen molar-refractivity contribution in [3.05, 3.63) is 75.1 Å². The lowest BCUT2D eigenvalue weighted by Crippen LogP contribution is -2.06. The average molecular weight is 392 g/mol. The summed E-state index contributed by atoms with van der Waals surface area (Å²) >= 11 is 6.06. The van der Waals surface area contributed by atoms with Gasteiger partial charge in [0.25, 0.3) is 0 Å². The number of nitrogens with one attached hydrogen (secondary N) is 2. The zero-order valence-electron chi connectivity index (χ0n) is 13.8. The summed E-state index contributed by atoms with van der Waals surface area (Å²) in [6.07, 6.45) is 1.06. The second-order valence-corrected chi connectivity index (χ2v) is 5.92. The number of hydrogen-bond acceptors (Lipinski definition) is 6. The van der Waals surface area contributed by atoms with E-state index in [1.165, 1.54) is 0 Å². The number of nitro groups is 1. The smallest absolute Gasteiger partial charge is 0.334 e. The van der Waals surface area contributed by atoms with Gasteiger partial charge < -0.3 is 10.6 Å². The molecular weight excluding hydrogens is 380 g/mol. The molecule has 10 heteroatoms. The lowest BCUT2D eigenvalue weighted by Gasteiger charge is -2.11. The van der Waals surface area contributed by atoms with Crippen LogP contribution in [0.5, 0.6) is 0 Å². The molecule has 2 N–H and O–H groups in total. The predicted octanol–water partition coefficient (Wildman–Crippen LogP) is 5.11. The molecule has 1 aromatic heterocycles. The first-order chi connectivity index (χ1) is 12.8. The van der Waals surface area contributed by atoms with E-state index in [9.17, 15) is 18.9 Å². The van der Waals surface area contributed by atoms with Gasteiger partial charge in [-0.25, -0.2) is 18.7 Å². The molecule has 27 heavy (non-hydrogen) atoms. The Morgan fingerprint density at radius 1 is 1.07 bits per heavy atom. The Bertz CT molecular complexity index is 1030. The summed E-state index contributed by atoms with van der Waals surface area (Å²) in [5.41, 5.74) is 0.484. The number of rotatable bonds is 5. The zero-order valence-corrected chi connectivity index (χ0v) is 14.6. The first-order valence-electron chi connectivity index (χ1n) is 7.60. The average Bonchev–Trinajstić information content (AvgIpc) is 2.61. The monoisotopic (exact) mass is 391 g/mol. The summed E-state index contributed by atoms with van der Waals surface area (Å²) in [6, 6.07) is 7.70. The van der Waals surface area contributed by atoms with Crippen LogP contribution in [-0.2, 0) is 0 Å². The van der Waals surface area contributed by atoms with Gasteiger partial charge in [0.1, 0.15) is 18.0 Å². The molecule has 0 saturated carbocycles. The first kappa shape index (κ1) is 18.5. The van der Waals surface area contributed by atoms with Crippen LogP contribution in [0.1, 0.15) is 5.56 Å². The van der Waals surface area contributed by atoms with Gasteiger partial charge in [-0.05, 0) is 36.8 Å². The van der Waals surface area contributed by atoms with Crippen molar-refractivity contribution in [1.29, 1.82) is 0 Å². The Balaban J connectivity index is 2.00. The van der Waals surface area contributed by atoms with Crippen molar-refractivity contribution in [2.24, 2.45) is 0 Å². The minimum Gasteiger partial charge on any atom is -0.334 e. The molecule has 0 bridgehead atoms. The van der Waals surface area contributed by atoms with Crippen LogP contribution in [0.15, 0.2) is 42.7 Å². The summed E-state index contributed by atoms with van der Waals surface area (Å²) in [7, 11) is 0. The lowest BCUT2D eigenvalue weighted by atomic mass is 10.2. The SMILES string of the molecule is Cc1ccc(Nc2ncnc(Nc3cc(F)ccc3F)c2[N+](=O)[O-])cc1Cl. The summed E-state index contributed by atoms with van der Waals surface area (Å²) in [4.78, 5) is 18.5. The van der Waals surface area contributed by atoms with E-state index in [0.29, 0.717) is 10.7 Å². The maximum Gasteiger partial charge on any atom is 0.353 e. The highest BCUT2D eigenvalue weighted by atomic mass is 35.5. The Kier molecular flexibility index (Phi) is 5.13. The molecule has 138 valence electrons. The molecule has 2 aromatic carbocycles. The molecule has 0 spiro atoms. The Morgan fingerprint density at radius 2 is 1.78 bits per heavy atom. The van der Waals surface area contributed by atoms with E-state index in [1.807, 2.05) is 6.92 Å². The third-order valence-electron chi connectivity index (χ3n) is 3.62. The van der Waals surface area contributed by atoms with Gasteiger partial charge in [-0.3, -0.25) is 10.1 Å². The topological polar surface area (TPSA) is 93.0 Å². The minimum atomic E-state index is -0.788. The molecular formula is C17H12ClF2N5O2. The molecule has 0 unspecified atom stereocenters. The van der Waals surface area contributed by atoms with Crippen molar-refractivity contribution in [3.8, 4) is 0 Å². The standard InChI is InChI=1S/C17H12ClF2N5O2/c1-9-2-4-11(7-12(9)18)23-16-15(25(26)27)17(22-8-21-16)24-14-6-10(19)3-5-13(14)20/h2-8H,1H3,(H2,21,22,23,24). The molecule has 0 aliphatic carbocycles. The highest BCUT2D eigenvalue weighted by molar-refractivity contribution is 6.31. The van der Waals surface area contributed by atoms with Crippen LogP contribution in [0, 0.1) is 28.7 Å². The van der Waals surface area contributed by atoms with Gasteiger partial charge in [0.2, 0.25) is 11.6 Å². The van der Waals surface area contributed by atoms with Crippen molar-refractivity contribution < 1.29 is 13.7 Å². The van der Waals surface area contributed by atoms with Crippen molar-refractivity contribution in [1.82, 2.24) is 9.97 Å². The third-order valence-corrected chi connectivity index (χ3v) is 4.03. The fourth-order valence-electron chi connectivity index (χ4n) is 2.26. The fraction of sp³-hybridized carbons (Fsp3) is 0.0588. The molecule has 1 heterocycles. The van der Waals surface area contributed by atoms with Crippen LogP contribution < -0.4 is 10.6 Å². The van der Waals surface area contributed by atoms with E-state index in [2.05, 4.69) is 20.6 Å². The molecule has 0 fully saturated rings. The molecule has 0 atom stereocenters. The van der Waals surface area contributed by atoms with E-state index in [-0.39, 0.29) is 17.3 Å². The number of nitrogens with zero attached hydrogens (tertiary/aromatic N) is 3. The van der Waals surface area contributed by atoms with Crippen molar-refractivity contribution in [3.63, 3.8) is 0 Å². The molecule has 0 saturated heterocycles. The Hall–Kier alpha value is -3.33. The first-order valence-corrected chi connectivity index (χ1v) is 7.97. The maximum absolute atomic E-state index is 13.8. The molecule has 0 aliphatic heterocycles. The molecule has 0 amide bonds. The number of hydrogen-bond donors (Lipinski definition) is 2. The Morgan fingerprint density at radius 3 is 2.44 bits per heavy atom. The van der Waals surface area contributed by atoms with E-state index < -0.39 is 22.2 Å². The van der Waals surface area contributed by atoms with E-state index in [0.717, 1.165) is 30.1 Å². The number of halogens is 3. The summed E-state index contributed by atoms with van der Waals surface area (Å²) in [6.45, 7) is 1.81. The Labute approximate surface area is 157 Å². The maximum atomic E-state index is 13.8. The van der Waals surface area contributed by atoms with Crippen molar-refractivity contribution in [2.75, 3.05) is 10.6 Å². The molecule has 0 aliphatic rings. The predicted molar refractivity (Wildman–Crippen MR) is 97.8 cm³/mol. The second-order valence-electron chi connectivity index (χ2n) is 5.51. The molecule has 7 nitrogen and oxygen atoms in total. The summed E-state index contributed by atoms with van der Waals surface area (Å²) in [5.74, 6) is -1.91.